The Morgan fingerprint density at radius 3 is 2.97 bits per heavy atom. The fourth-order valence-electron chi connectivity index (χ4n) is 3.69. The molecule has 1 aliphatic rings. The first-order chi connectivity index (χ1) is 14.0. The average Bonchev–Trinajstić information content (AvgIpc) is 3.39. The molecule has 29 heavy (non-hydrogen) atoms. The molecule has 152 valence electrons. The van der Waals surface area contributed by atoms with Gasteiger partial charge in [-0.3, -0.25) is 9.89 Å². The fourth-order valence-corrected chi connectivity index (χ4v) is 3.89. The predicted octanol–water partition coefficient (Wildman–Crippen LogP) is 4.79. The van der Waals surface area contributed by atoms with Gasteiger partial charge in [0.05, 0.1) is 12.1 Å². The molecule has 3 aromatic rings. The highest BCUT2D eigenvalue weighted by atomic mass is 35.5. The van der Waals surface area contributed by atoms with Crippen LogP contribution in [-0.4, -0.2) is 39.1 Å². The molecule has 3 heterocycles. The number of aromatic amines is 1. The van der Waals surface area contributed by atoms with E-state index < -0.39 is 0 Å². The van der Waals surface area contributed by atoms with E-state index in [1.165, 1.54) is 0 Å². The van der Waals surface area contributed by atoms with Crippen LogP contribution in [0.5, 0.6) is 0 Å². The molecular formula is C22H25ClN4O2. The van der Waals surface area contributed by atoms with E-state index in [2.05, 4.69) is 29.0 Å². The van der Waals surface area contributed by atoms with E-state index >= 15 is 0 Å². The summed E-state index contributed by atoms with van der Waals surface area (Å²) in [4.78, 5) is 19.2. The van der Waals surface area contributed by atoms with E-state index in [9.17, 15) is 4.79 Å². The summed E-state index contributed by atoms with van der Waals surface area (Å²) in [5.74, 6) is 1.83. The number of piperidine rings is 1. The largest absolute Gasteiger partial charge is 0.445 e. The molecule has 1 amide bonds. The lowest BCUT2D eigenvalue weighted by molar-refractivity contribution is 0.0692. The van der Waals surface area contributed by atoms with E-state index in [1.54, 1.807) is 6.20 Å². The third kappa shape index (κ3) is 4.37. The number of aromatic nitrogens is 3. The van der Waals surface area contributed by atoms with Crippen LogP contribution < -0.4 is 0 Å². The molecule has 1 aliphatic heterocycles. The second-order valence-corrected chi connectivity index (χ2v) is 8.29. The maximum absolute atomic E-state index is 12.9. The maximum atomic E-state index is 12.9. The molecule has 1 unspecified atom stereocenters. The van der Waals surface area contributed by atoms with Crippen LogP contribution >= 0.6 is 11.6 Å². The molecule has 1 atom stereocenters. The molecule has 7 heteroatoms. The van der Waals surface area contributed by atoms with Crippen molar-refractivity contribution in [2.45, 2.75) is 44.9 Å². The van der Waals surface area contributed by atoms with Crippen LogP contribution in [0.25, 0.3) is 0 Å². The number of rotatable bonds is 5. The van der Waals surface area contributed by atoms with E-state index in [0.717, 1.165) is 41.4 Å². The van der Waals surface area contributed by atoms with Crippen molar-refractivity contribution in [3.05, 3.63) is 70.2 Å². The van der Waals surface area contributed by atoms with Crippen molar-refractivity contribution >= 4 is 17.5 Å². The fraction of sp³-hybridized carbons (Fsp3) is 0.409. The first-order valence-electron chi connectivity index (χ1n) is 10.0. The zero-order chi connectivity index (χ0) is 20.4. The zero-order valence-electron chi connectivity index (χ0n) is 16.7. The van der Waals surface area contributed by atoms with Gasteiger partial charge in [-0.05, 0) is 36.5 Å². The van der Waals surface area contributed by atoms with Crippen molar-refractivity contribution < 1.29 is 9.21 Å². The molecule has 0 radical (unpaired) electrons. The Kier molecular flexibility index (Phi) is 5.72. The van der Waals surface area contributed by atoms with E-state index in [-0.39, 0.29) is 11.8 Å². The van der Waals surface area contributed by atoms with Gasteiger partial charge in [0, 0.05) is 30.2 Å². The number of nitrogens with zero attached hydrogens (tertiary/aromatic N) is 3. The number of hydrogen-bond acceptors (Lipinski definition) is 4. The number of H-pyrrole nitrogens is 1. The third-order valence-electron chi connectivity index (χ3n) is 5.39. The highest BCUT2D eigenvalue weighted by Crippen LogP contribution is 2.29. The van der Waals surface area contributed by atoms with Crippen molar-refractivity contribution in [2.75, 3.05) is 13.1 Å². The number of benzene rings is 1. The molecule has 4 rings (SSSR count). The van der Waals surface area contributed by atoms with Crippen LogP contribution in [0.15, 0.2) is 40.9 Å². The van der Waals surface area contributed by atoms with Gasteiger partial charge in [0.1, 0.15) is 11.5 Å². The number of carbonyl (C=O) groups excluding carboxylic acids is 1. The monoisotopic (exact) mass is 412 g/mol. The number of nitrogens with one attached hydrogen (secondary N) is 1. The Morgan fingerprint density at radius 1 is 1.38 bits per heavy atom. The SMILES string of the molecule is CC(C)c1cc(C(=O)N2CCCC(c3ncc(Cc4ccccc4Cl)o3)C2)n[nH]1. The third-order valence-corrected chi connectivity index (χ3v) is 5.76. The van der Waals surface area contributed by atoms with Crippen molar-refractivity contribution in [3.8, 4) is 0 Å². The van der Waals surface area contributed by atoms with Gasteiger partial charge in [-0.1, -0.05) is 43.6 Å². The Morgan fingerprint density at radius 2 is 2.21 bits per heavy atom. The first kappa shape index (κ1) is 19.7. The molecule has 0 spiro atoms. The highest BCUT2D eigenvalue weighted by molar-refractivity contribution is 6.31. The molecule has 0 saturated carbocycles. The van der Waals surface area contributed by atoms with Crippen molar-refractivity contribution in [2.24, 2.45) is 0 Å². The summed E-state index contributed by atoms with van der Waals surface area (Å²) in [6.45, 7) is 5.46. The normalized spacial score (nSPS) is 17.1. The molecule has 6 nitrogen and oxygen atoms in total. The minimum Gasteiger partial charge on any atom is -0.445 e. The lowest BCUT2D eigenvalue weighted by atomic mass is 9.97. The number of halogens is 1. The lowest BCUT2D eigenvalue weighted by Crippen LogP contribution is -2.39. The summed E-state index contributed by atoms with van der Waals surface area (Å²) in [5.41, 5.74) is 2.46. The van der Waals surface area contributed by atoms with Crippen molar-refractivity contribution in [1.29, 1.82) is 0 Å². The van der Waals surface area contributed by atoms with Crippen LogP contribution in [0.4, 0.5) is 0 Å². The van der Waals surface area contributed by atoms with Crippen LogP contribution in [0, 0.1) is 0 Å². The van der Waals surface area contributed by atoms with E-state index in [0.29, 0.717) is 30.5 Å². The van der Waals surface area contributed by atoms with Crippen LogP contribution in [0.2, 0.25) is 5.02 Å². The van der Waals surface area contributed by atoms with Gasteiger partial charge < -0.3 is 9.32 Å². The van der Waals surface area contributed by atoms with Crippen LogP contribution in [0.3, 0.4) is 0 Å². The summed E-state index contributed by atoms with van der Waals surface area (Å²) in [6.07, 6.45) is 4.24. The summed E-state index contributed by atoms with van der Waals surface area (Å²) in [5, 5.41) is 7.88. The van der Waals surface area contributed by atoms with Gasteiger partial charge in [-0.25, -0.2) is 4.98 Å². The van der Waals surface area contributed by atoms with Gasteiger partial charge in [0.2, 0.25) is 0 Å². The maximum Gasteiger partial charge on any atom is 0.274 e. The van der Waals surface area contributed by atoms with Gasteiger partial charge in [-0.2, -0.15) is 5.10 Å². The molecule has 1 fully saturated rings. The second-order valence-electron chi connectivity index (χ2n) is 7.89. The Balaban J connectivity index is 1.44. The molecular weight excluding hydrogens is 388 g/mol. The summed E-state index contributed by atoms with van der Waals surface area (Å²) < 4.78 is 6.02. The molecule has 0 aliphatic carbocycles. The number of hydrogen-bond donors (Lipinski definition) is 1. The molecule has 0 bridgehead atoms. The summed E-state index contributed by atoms with van der Waals surface area (Å²) >= 11 is 6.25. The van der Waals surface area contributed by atoms with Gasteiger partial charge in [-0.15, -0.1) is 0 Å². The van der Waals surface area contributed by atoms with E-state index in [4.69, 9.17) is 16.0 Å². The quantitative estimate of drug-likeness (QED) is 0.654. The van der Waals surface area contributed by atoms with Crippen LogP contribution in [0.1, 0.15) is 71.9 Å². The van der Waals surface area contributed by atoms with Gasteiger partial charge in [0.25, 0.3) is 5.91 Å². The molecule has 1 N–H and O–H groups in total. The Hall–Kier alpha value is -2.60. The molecule has 1 aromatic carbocycles. The topological polar surface area (TPSA) is 75.0 Å². The molecule has 1 saturated heterocycles. The van der Waals surface area contributed by atoms with E-state index in [1.807, 2.05) is 35.2 Å². The smallest absolute Gasteiger partial charge is 0.274 e. The lowest BCUT2D eigenvalue weighted by Gasteiger charge is -2.30. The van der Waals surface area contributed by atoms with Crippen LogP contribution in [-0.2, 0) is 6.42 Å². The average molecular weight is 413 g/mol. The number of likely N-dealkylation sites (tertiary alicyclic amines) is 1. The zero-order valence-corrected chi connectivity index (χ0v) is 17.4. The predicted molar refractivity (Wildman–Crippen MR) is 111 cm³/mol. The minimum atomic E-state index is -0.0410. The first-order valence-corrected chi connectivity index (χ1v) is 10.4. The van der Waals surface area contributed by atoms with Gasteiger partial charge >= 0.3 is 0 Å². The second kappa shape index (κ2) is 8.41. The highest BCUT2D eigenvalue weighted by Gasteiger charge is 2.29. The Bertz CT molecular complexity index is 994. The minimum absolute atomic E-state index is 0.0410. The van der Waals surface area contributed by atoms with Crippen molar-refractivity contribution in [1.82, 2.24) is 20.1 Å². The number of amides is 1. The standard InChI is InChI=1S/C22H25ClN4O2/c1-14(2)19-11-20(26-25-19)22(28)27-9-5-7-16(13-27)21-24-12-17(29-21)10-15-6-3-4-8-18(15)23/h3-4,6,8,11-12,14,16H,5,7,9-10,13H2,1-2H3,(H,25,26). The summed E-state index contributed by atoms with van der Waals surface area (Å²) in [6, 6.07) is 9.58. The van der Waals surface area contributed by atoms with Gasteiger partial charge in [0.15, 0.2) is 5.89 Å². The van der Waals surface area contributed by atoms with Crippen molar-refractivity contribution in [3.63, 3.8) is 0 Å². The Labute approximate surface area is 175 Å². The number of oxazole rings is 1. The molecule has 2 aromatic heterocycles. The summed E-state index contributed by atoms with van der Waals surface area (Å²) in [7, 11) is 0. The number of carbonyl (C=O) groups is 1.